The minimum absolute atomic E-state index is 1.18. The van der Waals surface area contributed by atoms with Crippen molar-refractivity contribution in [3.8, 4) is 0 Å². The van der Waals surface area contributed by atoms with Crippen molar-refractivity contribution < 1.29 is 0 Å². The SMILES string of the molecule is C=C1C[C](CC=C(C)C)C1. The summed E-state index contributed by atoms with van der Waals surface area (Å²) in [4.78, 5) is 0. The maximum Gasteiger partial charge on any atom is -0.0123 e. The van der Waals surface area contributed by atoms with Gasteiger partial charge in [-0.1, -0.05) is 23.8 Å². The van der Waals surface area contributed by atoms with E-state index in [0.717, 1.165) is 0 Å². The second kappa shape index (κ2) is 3.05. The van der Waals surface area contributed by atoms with Gasteiger partial charge in [-0.2, -0.15) is 0 Å². The van der Waals surface area contributed by atoms with Crippen LogP contribution in [0.4, 0.5) is 0 Å². The zero-order valence-electron chi connectivity index (χ0n) is 6.91. The van der Waals surface area contributed by atoms with E-state index in [2.05, 4.69) is 26.5 Å². The van der Waals surface area contributed by atoms with Crippen LogP contribution in [0.15, 0.2) is 23.8 Å². The highest BCUT2D eigenvalue weighted by Gasteiger charge is 2.19. The van der Waals surface area contributed by atoms with E-state index in [1.165, 1.54) is 30.4 Å². The molecule has 0 aromatic rings. The van der Waals surface area contributed by atoms with Gasteiger partial charge in [0.05, 0.1) is 0 Å². The van der Waals surface area contributed by atoms with Crippen LogP contribution in [0.3, 0.4) is 0 Å². The van der Waals surface area contributed by atoms with Crippen LogP contribution in [0.5, 0.6) is 0 Å². The molecule has 0 N–H and O–H groups in total. The number of hydrogen-bond donors (Lipinski definition) is 0. The van der Waals surface area contributed by atoms with Gasteiger partial charge >= 0.3 is 0 Å². The molecule has 1 aliphatic carbocycles. The summed E-state index contributed by atoms with van der Waals surface area (Å²) in [5.41, 5.74) is 2.82. The number of hydrogen-bond acceptors (Lipinski definition) is 0. The van der Waals surface area contributed by atoms with Crippen LogP contribution in [-0.2, 0) is 0 Å². The van der Waals surface area contributed by atoms with Crippen LogP contribution >= 0.6 is 0 Å². The van der Waals surface area contributed by atoms with Crippen molar-refractivity contribution in [2.24, 2.45) is 0 Å². The summed E-state index contributed by atoms with van der Waals surface area (Å²) in [5, 5.41) is 0. The average molecular weight is 135 g/mol. The molecule has 10 heavy (non-hydrogen) atoms. The molecule has 0 spiro atoms. The average Bonchev–Trinajstić information content (AvgIpc) is 1.77. The van der Waals surface area contributed by atoms with E-state index in [4.69, 9.17) is 0 Å². The van der Waals surface area contributed by atoms with E-state index in [-0.39, 0.29) is 0 Å². The molecule has 1 fully saturated rings. The van der Waals surface area contributed by atoms with Crippen LogP contribution in [0.2, 0.25) is 0 Å². The number of allylic oxidation sites excluding steroid dienone is 3. The first-order valence-electron chi connectivity index (χ1n) is 3.82. The monoisotopic (exact) mass is 135 g/mol. The molecule has 0 atom stereocenters. The van der Waals surface area contributed by atoms with Gasteiger partial charge in [-0.05, 0) is 39.0 Å². The first kappa shape index (κ1) is 7.59. The normalized spacial score (nSPS) is 18.4. The maximum absolute atomic E-state index is 3.90. The molecule has 1 rings (SSSR count). The highest BCUT2D eigenvalue weighted by molar-refractivity contribution is 5.25. The highest BCUT2D eigenvalue weighted by atomic mass is 14.2. The molecule has 0 amide bonds. The summed E-state index contributed by atoms with van der Waals surface area (Å²) in [5.74, 6) is 1.64. The van der Waals surface area contributed by atoms with E-state index < -0.39 is 0 Å². The van der Waals surface area contributed by atoms with Gasteiger partial charge in [0, 0.05) is 0 Å². The molecule has 0 aliphatic heterocycles. The fourth-order valence-corrected chi connectivity index (χ4v) is 1.15. The van der Waals surface area contributed by atoms with Crippen LogP contribution < -0.4 is 0 Å². The van der Waals surface area contributed by atoms with Gasteiger partial charge in [-0.25, -0.2) is 0 Å². The van der Waals surface area contributed by atoms with E-state index in [1.54, 1.807) is 5.92 Å². The van der Waals surface area contributed by atoms with Crippen molar-refractivity contribution in [2.75, 3.05) is 0 Å². The third-order valence-corrected chi connectivity index (χ3v) is 1.80. The fourth-order valence-electron chi connectivity index (χ4n) is 1.15. The largest absolute Gasteiger partial charge is 0.0998 e. The van der Waals surface area contributed by atoms with Gasteiger partial charge in [-0.15, -0.1) is 0 Å². The van der Waals surface area contributed by atoms with Gasteiger partial charge < -0.3 is 0 Å². The summed E-state index contributed by atoms with van der Waals surface area (Å²) in [7, 11) is 0. The van der Waals surface area contributed by atoms with Crippen molar-refractivity contribution in [2.45, 2.75) is 33.1 Å². The Hall–Kier alpha value is -0.520. The first-order chi connectivity index (χ1) is 4.68. The lowest BCUT2D eigenvalue weighted by Crippen LogP contribution is -2.10. The lowest BCUT2D eigenvalue weighted by atomic mass is 9.79. The molecule has 0 saturated heterocycles. The second-order valence-electron chi connectivity index (χ2n) is 3.34. The quantitative estimate of drug-likeness (QED) is 0.510. The Balaban J connectivity index is 2.17. The van der Waals surface area contributed by atoms with Crippen molar-refractivity contribution in [1.29, 1.82) is 0 Å². The molecular weight excluding hydrogens is 120 g/mol. The van der Waals surface area contributed by atoms with Crippen LogP contribution in [0.1, 0.15) is 33.1 Å². The zero-order chi connectivity index (χ0) is 7.56. The predicted molar refractivity (Wildman–Crippen MR) is 45.7 cm³/mol. The molecule has 1 aliphatic rings. The molecule has 55 valence electrons. The molecule has 0 bridgehead atoms. The van der Waals surface area contributed by atoms with Crippen molar-refractivity contribution in [3.05, 3.63) is 29.7 Å². The minimum atomic E-state index is 1.18. The third kappa shape index (κ3) is 2.02. The molecule has 1 radical (unpaired) electrons. The predicted octanol–water partition coefficient (Wildman–Crippen LogP) is 3.27. The summed E-state index contributed by atoms with van der Waals surface area (Å²) in [6, 6.07) is 0. The third-order valence-electron chi connectivity index (χ3n) is 1.80. The van der Waals surface area contributed by atoms with E-state index >= 15 is 0 Å². The van der Waals surface area contributed by atoms with Gasteiger partial charge in [0.1, 0.15) is 0 Å². The smallest absolute Gasteiger partial charge is 0.0123 e. The molecule has 0 unspecified atom stereocenters. The van der Waals surface area contributed by atoms with Gasteiger partial charge in [0.2, 0.25) is 0 Å². The van der Waals surface area contributed by atoms with Crippen molar-refractivity contribution in [3.63, 3.8) is 0 Å². The minimum Gasteiger partial charge on any atom is -0.0998 e. The Labute approximate surface area is 63.6 Å². The summed E-state index contributed by atoms with van der Waals surface area (Å²) >= 11 is 0. The van der Waals surface area contributed by atoms with Gasteiger partial charge in [0.15, 0.2) is 0 Å². The van der Waals surface area contributed by atoms with Gasteiger partial charge in [-0.3, -0.25) is 0 Å². The number of rotatable bonds is 2. The summed E-state index contributed by atoms with van der Waals surface area (Å²) < 4.78 is 0. The van der Waals surface area contributed by atoms with E-state index in [0.29, 0.717) is 0 Å². The Bertz CT molecular complexity index is 151. The van der Waals surface area contributed by atoms with Crippen LogP contribution in [-0.4, -0.2) is 0 Å². The Morgan fingerprint density at radius 1 is 1.50 bits per heavy atom. The maximum atomic E-state index is 3.90. The topological polar surface area (TPSA) is 0 Å². The summed E-state index contributed by atoms with van der Waals surface area (Å²) in [6.07, 6.45) is 5.84. The van der Waals surface area contributed by atoms with Crippen molar-refractivity contribution in [1.82, 2.24) is 0 Å². The van der Waals surface area contributed by atoms with Crippen LogP contribution in [0, 0.1) is 5.92 Å². The molecule has 0 nitrogen and oxygen atoms in total. The lowest BCUT2D eigenvalue weighted by molar-refractivity contribution is 0.680. The van der Waals surface area contributed by atoms with Crippen LogP contribution in [0.25, 0.3) is 0 Å². The standard InChI is InChI=1S/C10H15/c1-8(2)4-5-10-6-9(3)7-10/h4H,3,5-7H2,1-2H3. The van der Waals surface area contributed by atoms with E-state index in [1.807, 2.05) is 0 Å². The van der Waals surface area contributed by atoms with E-state index in [9.17, 15) is 0 Å². The highest BCUT2D eigenvalue weighted by Crippen LogP contribution is 2.36. The van der Waals surface area contributed by atoms with Gasteiger partial charge in [0.25, 0.3) is 0 Å². The first-order valence-corrected chi connectivity index (χ1v) is 3.82. The Morgan fingerprint density at radius 2 is 2.10 bits per heavy atom. The fraction of sp³-hybridized carbons (Fsp3) is 0.500. The molecule has 0 aromatic heterocycles. The molecule has 0 aromatic carbocycles. The molecule has 1 saturated carbocycles. The Morgan fingerprint density at radius 3 is 2.50 bits per heavy atom. The Kier molecular flexibility index (Phi) is 2.31. The molecule has 0 heterocycles. The molecule has 0 heteroatoms. The second-order valence-corrected chi connectivity index (χ2v) is 3.34. The summed E-state index contributed by atoms with van der Waals surface area (Å²) in [6.45, 7) is 8.19. The molecular formula is C10H15. The lowest BCUT2D eigenvalue weighted by Gasteiger charge is -2.26. The van der Waals surface area contributed by atoms with Crippen molar-refractivity contribution >= 4 is 0 Å². The zero-order valence-corrected chi connectivity index (χ0v) is 6.91.